The maximum absolute atomic E-state index is 9.27. The van der Waals surface area contributed by atoms with Gasteiger partial charge in [0.25, 0.3) is 0 Å². The lowest BCUT2D eigenvalue weighted by molar-refractivity contribution is 0.266. The molecule has 0 saturated heterocycles. The van der Waals surface area contributed by atoms with Crippen molar-refractivity contribution in [2.24, 2.45) is 0 Å². The van der Waals surface area contributed by atoms with Gasteiger partial charge in [0.2, 0.25) is 0 Å². The zero-order chi connectivity index (χ0) is 14.7. The fourth-order valence-corrected chi connectivity index (χ4v) is 3.43. The van der Waals surface area contributed by atoms with E-state index < -0.39 is 0 Å². The molecule has 0 aliphatic heterocycles. The van der Waals surface area contributed by atoms with Crippen LogP contribution in [0.3, 0.4) is 0 Å². The predicted octanol–water partition coefficient (Wildman–Crippen LogP) is 2.25. The van der Waals surface area contributed by atoms with Gasteiger partial charge in [-0.15, -0.1) is 0 Å². The average molecular weight is 303 g/mol. The molecule has 2 aromatic rings. The molecule has 1 heterocycles. The summed E-state index contributed by atoms with van der Waals surface area (Å²) < 4.78 is 1.91. The molecule has 0 bridgehead atoms. The standard InChI is InChI=1S/C16H21N3OS/c1-21-11-8-15-17-16(19(18-15)9-10-20)14-7-6-12-4-2-3-5-13(12)14/h2-5,14,20H,6-11H2,1H3/t14-/m1/s1. The third kappa shape index (κ3) is 2.99. The number of benzene rings is 1. The van der Waals surface area contributed by atoms with Gasteiger partial charge in [-0.1, -0.05) is 24.3 Å². The van der Waals surface area contributed by atoms with Crippen LogP contribution >= 0.6 is 11.8 Å². The van der Waals surface area contributed by atoms with E-state index >= 15 is 0 Å². The van der Waals surface area contributed by atoms with E-state index in [1.54, 1.807) is 0 Å². The van der Waals surface area contributed by atoms with Crippen molar-refractivity contribution in [3.8, 4) is 0 Å². The van der Waals surface area contributed by atoms with Crippen molar-refractivity contribution in [1.82, 2.24) is 14.8 Å². The van der Waals surface area contributed by atoms with Crippen LogP contribution in [0.1, 0.15) is 35.1 Å². The van der Waals surface area contributed by atoms with Crippen LogP contribution in [0.15, 0.2) is 24.3 Å². The number of aryl methyl sites for hydroxylation is 2. The highest BCUT2D eigenvalue weighted by Gasteiger charge is 2.28. The Hall–Kier alpha value is -1.33. The van der Waals surface area contributed by atoms with Crippen molar-refractivity contribution in [3.63, 3.8) is 0 Å². The van der Waals surface area contributed by atoms with Gasteiger partial charge in [0.15, 0.2) is 5.82 Å². The van der Waals surface area contributed by atoms with E-state index in [1.165, 1.54) is 11.1 Å². The molecule has 1 aromatic carbocycles. The van der Waals surface area contributed by atoms with Gasteiger partial charge >= 0.3 is 0 Å². The summed E-state index contributed by atoms with van der Waals surface area (Å²) in [6.07, 6.45) is 5.18. The maximum atomic E-state index is 9.27. The van der Waals surface area contributed by atoms with Gasteiger partial charge in [-0.25, -0.2) is 9.67 Å². The minimum atomic E-state index is 0.104. The smallest absolute Gasteiger partial charge is 0.151 e. The molecule has 1 aliphatic rings. The molecule has 1 N–H and O–H groups in total. The van der Waals surface area contributed by atoms with Crippen LogP contribution in [-0.4, -0.2) is 38.5 Å². The van der Waals surface area contributed by atoms with Crippen molar-refractivity contribution in [3.05, 3.63) is 47.0 Å². The number of aliphatic hydroxyl groups excluding tert-OH is 1. The van der Waals surface area contributed by atoms with Crippen LogP contribution in [0, 0.1) is 0 Å². The summed E-state index contributed by atoms with van der Waals surface area (Å²) in [6.45, 7) is 0.632. The molecule has 0 saturated carbocycles. The number of rotatable bonds is 6. The van der Waals surface area contributed by atoms with Crippen molar-refractivity contribution in [2.45, 2.75) is 31.7 Å². The summed E-state index contributed by atoms with van der Waals surface area (Å²) in [6, 6.07) is 8.60. The van der Waals surface area contributed by atoms with E-state index in [-0.39, 0.29) is 6.61 Å². The predicted molar refractivity (Wildman–Crippen MR) is 85.8 cm³/mol. The second kappa shape index (κ2) is 6.62. The normalized spacial score (nSPS) is 17.1. The molecule has 0 spiro atoms. The minimum absolute atomic E-state index is 0.104. The zero-order valence-electron chi connectivity index (χ0n) is 12.3. The van der Waals surface area contributed by atoms with Crippen LogP contribution in [0.25, 0.3) is 0 Å². The summed E-state index contributed by atoms with van der Waals surface area (Å²) >= 11 is 1.81. The average Bonchev–Trinajstić information content (AvgIpc) is 3.09. The van der Waals surface area contributed by atoms with Gasteiger partial charge in [0.1, 0.15) is 5.82 Å². The highest BCUT2D eigenvalue weighted by molar-refractivity contribution is 7.98. The number of hydrogen-bond donors (Lipinski definition) is 1. The van der Waals surface area contributed by atoms with Crippen molar-refractivity contribution >= 4 is 11.8 Å². The monoisotopic (exact) mass is 303 g/mol. The number of fused-ring (bicyclic) bond motifs is 1. The first kappa shape index (κ1) is 14.6. The highest BCUT2D eigenvalue weighted by Crippen LogP contribution is 2.37. The lowest BCUT2D eigenvalue weighted by atomic mass is 10.0. The molecule has 1 aliphatic carbocycles. The molecular weight excluding hydrogens is 282 g/mol. The molecule has 0 fully saturated rings. The summed E-state index contributed by atoms with van der Waals surface area (Å²) in [5.41, 5.74) is 2.80. The van der Waals surface area contributed by atoms with Crippen LogP contribution in [0.5, 0.6) is 0 Å². The Labute approximate surface area is 129 Å². The van der Waals surface area contributed by atoms with E-state index in [1.807, 2.05) is 16.4 Å². The topological polar surface area (TPSA) is 50.9 Å². The number of nitrogens with zero attached hydrogens (tertiary/aromatic N) is 3. The van der Waals surface area contributed by atoms with Crippen molar-refractivity contribution < 1.29 is 5.11 Å². The van der Waals surface area contributed by atoms with E-state index in [0.29, 0.717) is 12.5 Å². The number of thioether (sulfide) groups is 1. The summed E-state index contributed by atoms with van der Waals surface area (Å²) in [5.74, 6) is 3.27. The molecule has 0 radical (unpaired) electrons. The van der Waals surface area contributed by atoms with E-state index in [0.717, 1.165) is 36.7 Å². The lowest BCUT2D eigenvalue weighted by Crippen LogP contribution is -2.12. The van der Waals surface area contributed by atoms with Crippen LogP contribution in [0.2, 0.25) is 0 Å². The molecule has 5 heteroatoms. The second-order valence-corrected chi connectivity index (χ2v) is 6.35. The molecule has 1 aromatic heterocycles. The molecule has 112 valence electrons. The van der Waals surface area contributed by atoms with Crippen LogP contribution in [-0.2, 0) is 19.4 Å². The fraction of sp³-hybridized carbons (Fsp3) is 0.500. The molecule has 0 unspecified atom stereocenters. The van der Waals surface area contributed by atoms with Crippen LogP contribution in [0.4, 0.5) is 0 Å². The summed E-state index contributed by atoms with van der Waals surface area (Å²) in [5, 5.41) is 13.9. The number of aromatic nitrogens is 3. The zero-order valence-corrected chi connectivity index (χ0v) is 13.1. The molecule has 3 rings (SSSR count). The first-order valence-electron chi connectivity index (χ1n) is 7.44. The molecule has 21 heavy (non-hydrogen) atoms. The number of hydrogen-bond acceptors (Lipinski definition) is 4. The number of aliphatic hydroxyl groups is 1. The van der Waals surface area contributed by atoms with Crippen molar-refractivity contribution in [2.75, 3.05) is 18.6 Å². The van der Waals surface area contributed by atoms with Gasteiger partial charge in [-0.2, -0.15) is 16.9 Å². The first-order chi connectivity index (χ1) is 10.3. The summed E-state index contributed by atoms with van der Waals surface area (Å²) in [7, 11) is 0. The molecule has 1 atom stereocenters. The fourth-order valence-electron chi connectivity index (χ4n) is 3.04. The first-order valence-corrected chi connectivity index (χ1v) is 8.84. The van der Waals surface area contributed by atoms with Gasteiger partial charge in [-0.05, 0) is 30.2 Å². The largest absolute Gasteiger partial charge is 0.394 e. The molecule has 0 amide bonds. The molecule has 4 nitrogen and oxygen atoms in total. The minimum Gasteiger partial charge on any atom is -0.394 e. The third-order valence-corrected chi connectivity index (χ3v) is 4.64. The third-order valence-electron chi connectivity index (χ3n) is 4.03. The maximum Gasteiger partial charge on any atom is 0.151 e. The lowest BCUT2D eigenvalue weighted by Gasteiger charge is -2.12. The van der Waals surface area contributed by atoms with E-state index in [9.17, 15) is 5.11 Å². The quantitative estimate of drug-likeness (QED) is 0.889. The Balaban J connectivity index is 1.92. The Morgan fingerprint density at radius 1 is 1.38 bits per heavy atom. The van der Waals surface area contributed by atoms with Crippen LogP contribution < -0.4 is 0 Å². The molecular formula is C16H21N3OS. The van der Waals surface area contributed by atoms with Gasteiger partial charge in [-0.3, -0.25) is 0 Å². The van der Waals surface area contributed by atoms with E-state index in [2.05, 4.69) is 35.6 Å². The van der Waals surface area contributed by atoms with Gasteiger partial charge < -0.3 is 5.11 Å². The van der Waals surface area contributed by atoms with E-state index in [4.69, 9.17) is 4.98 Å². The Morgan fingerprint density at radius 2 is 2.24 bits per heavy atom. The summed E-state index contributed by atoms with van der Waals surface area (Å²) in [4.78, 5) is 4.77. The van der Waals surface area contributed by atoms with Crippen molar-refractivity contribution in [1.29, 1.82) is 0 Å². The van der Waals surface area contributed by atoms with Gasteiger partial charge in [0.05, 0.1) is 13.2 Å². The Morgan fingerprint density at radius 3 is 3.05 bits per heavy atom. The Kier molecular flexibility index (Phi) is 4.60. The SMILES string of the molecule is CSCCc1nc([C@@H]2CCc3ccccc32)n(CCO)n1. The van der Waals surface area contributed by atoms with Gasteiger partial charge in [0, 0.05) is 18.1 Å². The second-order valence-electron chi connectivity index (χ2n) is 5.37. The highest BCUT2D eigenvalue weighted by atomic mass is 32.2. The Bertz CT molecular complexity index is 611.